The molecule has 10 heteroatoms. The van der Waals surface area contributed by atoms with Crippen molar-refractivity contribution >= 4 is 29.6 Å². The van der Waals surface area contributed by atoms with Gasteiger partial charge in [0.05, 0.1) is 17.5 Å². The number of benzene rings is 3. The van der Waals surface area contributed by atoms with E-state index in [4.69, 9.17) is 9.72 Å². The van der Waals surface area contributed by atoms with Crippen LogP contribution >= 0.6 is 0 Å². The van der Waals surface area contributed by atoms with Gasteiger partial charge in [-0.05, 0) is 74.2 Å². The van der Waals surface area contributed by atoms with Crippen LogP contribution in [0.5, 0.6) is 5.75 Å². The third-order valence-corrected chi connectivity index (χ3v) is 6.74. The van der Waals surface area contributed by atoms with Gasteiger partial charge in [0.1, 0.15) is 17.4 Å². The van der Waals surface area contributed by atoms with E-state index in [0.717, 1.165) is 6.42 Å². The van der Waals surface area contributed by atoms with E-state index in [9.17, 15) is 9.59 Å². The second kappa shape index (κ2) is 13.5. The summed E-state index contributed by atoms with van der Waals surface area (Å²) in [7, 11) is 0. The summed E-state index contributed by atoms with van der Waals surface area (Å²) in [5.41, 5.74) is 3.85. The number of aryl methyl sites for hydroxylation is 2. The number of aromatic nitrogens is 4. The molecule has 0 aliphatic heterocycles. The molecular weight excluding hydrogens is 546 g/mol. The van der Waals surface area contributed by atoms with Gasteiger partial charge in [0.25, 0.3) is 5.56 Å². The Morgan fingerprint density at radius 2 is 1.74 bits per heavy atom. The number of halogens is 1. The molecule has 5 aromatic rings. The Balaban J connectivity index is 0.00000405. The van der Waals surface area contributed by atoms with E-state index in [1.165, 1.54) is 6.07 Å². The summed E-state index contributed by atoms with van der Waals surface area (Å²) in [6, 6.07) is 19.4. The van der Waals surface area contributed by atoms with Gasteiger partial charge < -0.3 is 4.74 Å². The van der Waals surface area contributed by atoms with Crippen LogP contribution in [0, 0.1) is 12.7 Å². The molecule has 2 heterocycles. The van der Waals surface area contributed by atoms with Crippen molar-refractivity contribution in [2.45, 2.75) is 53.1 Å². The Kier molecular flexibility index (Phi) is 9.98. The Bertz CT molecular complexity index is 1810. The molecule has 0 radical (unpaired) electrons. The fourth-order valence-corrected chi connectivity index (χ4v) is 4.93. The Hall–Kier alpha value is -3.79. The zero-order valence-corrected chi connectivity index (χ0v) is 23.4. The molecule has 0 fully saturated rings. The third-order valence-electron chi connectivity index (χ3n) is 6.74. The monoisotopic (exact) mass is 578 g/mol. The summed E-state index contributed by atoms with van der Waals surface area (Å²) in [5, 5.41) is 3.77. The molecule has 2 aromatic heterocycles. The van der Waals surface area contributed by atoms with Crippen molar-refractivity contribution in [1.82, 2.24) is 19.7 Å². The second-order valence-electron chi connectivity index (χ2n) is 10.1. The Labute approximate surface area is 264 Å². The van der Waals surface area contributed by atoms with Gasteiger partial charge in [-0.25, -0.2) is 14.2 Å². The first kappa shape index (κ1) is 31.2. The predicted octanol–water partition coefficient (Wildman–Crippen LogP) is 5.37. The second-order valence-corrected chi connectivity index (χ2v) is 10.1. The van der Waals surface area contributed by atoms with Crippen molar-refractivity contribution in [1.29, 1.82) is 0 Å². The quantitative estimate of drug-likeness (QED) is 0.236. The number of hydrogen-bond donors (Lipinski definition) is 1. The van der Waals surface area contributed by atoms with Crippen LogP contribution in [0.3, 0.4) is 0 Å². The maximum atomic E-state index is 15.6. The molecule has 0 amide bonds. The molecule has 0 aliphatic carbocycles. The number of H-pyrrole nitrogens is 1. The van der Waals surface area contributed by atoms with E-state index in [-0.39, 0.29) is 53.5 Å². The fraction of sp³-hybridized carbons (Fsp3) is 0.250. The first-order chi connectivity index (χ1) is 19.7. The van der Waals surface area contributed by atoms with Gasteiger partial charge in [-0.3, -0.25) is 18.9 Å². The van der Waals surface area contributed by atoms with Crippen LogP contribution in [0.4, 0.5) is 4.39 Å². The van der Waals surface area contributed by atoms with Crippen molar-refractivity contribution < 1.29 is 13.7 Å². The molecular formula is C32H32FN4NaO4. The van der Waals surface area contributed by atoms with Crippen molar-refractivity contribution in [2.75, 3.05) is 0 Å². The van der Waals surface area contributed by atoms with Crippen LogP contribution in [0.15, 0.2) is 80.8 Å². The van der Waals surface area contributed by atoms with Crippen LogP contribution in [0.25, 0.3) is 28.2 Å². The van der Waals surface area contributed by atoms with Crippen LogP contribution in [-0.2, 0) is 12.8 Å². The molecule has 0 bridgehead atoms. The number of nitrogens with zero attached hydrogens (tertiary/aromatic N) is 3. The molecule has 212 valence electrons. The van der Waals surface area contributed by atoms with Gasteiger partial charge in [0.15, 0.2) is 5.82 Å². The van der Waals surface area contributed by atoms with Crippen molar-refractivity contribution in [2.24, 2.45) is 0 Å². The maximum absolute atomic E-state index is 15.6. The summed E-state index contributed by atoms with van der Waals surface area (Å²) in [4.78, 5) is 32.7. The number of aromatic amines is 1. The van der Waals surface area contributed by atoms with Crippen molar-refractivity contribution in [3.8, 4) is 34.0 Å². The average Bonchev–Trinajstić information content (AvgIpc) is 3.38. The molecule has 0 atom stereocenters. The summed E-state index contributed by atoms with van der Waals surface area (Å²) in [6.07, 6.45) is 1.54. The normalized spacial score (nSPS) is 11.0. The summed E-state index contributed by atoms with van der Waals surface area (Å²) >= 11 is 0. The Morgan fingerprint density at radius 1 is 1.02 bits per heavy atom. The number of nitrogens with one attached hydrogen (secondary N) is 1. The van der Waals surface area contributed by atoms with E-state index < -0.39 is 11.6 Å². The summed E-state index contributed by atoms with van der Waals surface area (Å²) in [6.45, 7) is 7.73. The molecule has 5 rings (SSSR count). The molecule has 0 unspecified atom stereocenters. The van der Waals surface area contributed by atoms with Gasteiger partial charge in [0.2, 0.25) is 0 Å². The van der Waals surface area contributed by atoms with Gasteiger partial charge in [0, 0.05) is 17.5 Å². The molecule has 0 saturated heterocycles. The van der Waals surface area contributed by atoms with E-state index in [2.05, 4.69) is 14.7 Å². The zero-order chi connectivity index (χ0) is 29.1. The van der Waals surface area contributed by atoms with Gasteiger partial charge >= 0.3 is 35.3 Å². The molecule has 42 heavy (non-hydrogen) atoms. The molecule has 8 nitrogen and oxygen atoms in total. The fourth-order valence-electron chi connectivity index (χ4n) is 4.93. The molecule has 0 aliphatic rings. The Morgan fingerprint density at radius 3 is 2.36 bits per heavy atom. The van der Waals surface area contributed by atoms with Crippen LogP contribution in [-0.4, -0.2) is 55.4 Å². The number of hydrogen-bond acceptors (Lipinski definition) is 6. The van der Waals surface area contributed by atoms with Crippen LogP contribution < -0.4 is 16.1 Å². The summed E-state index contributed by atoms with van der Waals surface area (Å²) < 4.78 is 27.6. The van der Waals surface area contributed by atoms with Crippen molar-refractivity contribution in [3.05, 3.63) is 116 Å². The third kappa shape index (κ3) is 6.64. The van der Waals surface area contributed by atoms with E-state index in [0.29, 0.717) is 57.2 Å². The standard InChI is InChI=1S/C32H31FN4O4.Na.H/c1-5-8-29-27(31(38)37(20(4)34-29)23-13-15-24(16-14-23)40-19(2)3)17-22-12-11-21(18-28(22)33)25-9-6-7-10-26(25)30-35-32(39)41-36-30;;/h6-7,9-16,18-19H,5,8,17H2,1-4H3,(H,35,36,39);;. The molecule has 0 spiro atoms. The van der Waals surface area contributed by atoms with Crippen LogP contribution in [0.1, 0.15) is 49.8 Å². The zero-order valence-electron chi connectivity index (χ0n) is 23.4. The molecule has 0 saturated carbocycles. The predicted molar refractivity (Wildman–Crippen MR) is 162 cm³/mol. The molecule has 3 aromatic carbocycles. The van der Waals surface area contributed by atoms with Gasteiger partial charge in [-0.1, -0.05) is 54.9 Å². The first-order valence-electron chi connectivity index (χ1n) is 13.6. The number of rotatable bonds is 9. The number of ether oxygens (including phenoxy) is 1. The minimum absolute atomic E-state index is 0. The first-order valence-corrected chi connectivity index (χ1v) is 13.6. The van der Waals surface area contributed by atoms with Gasteiger partial charge in [-0.2, -0.15) is 0 Å². The van der Waals surface area contributed by atoms with E-state index in [1.807, 2.05) is 57.2 Å². The van der Waals surface area contributed by atoms with E-state index in [1.54, 1.807) is 35.8 Å². The molecule has 1 N–H and O–H groups in total. The van der Waals surface area contributed by atoms with E-state index >= 15 is 4.39 Å². The summed E-state index contributed by atoms with van der Waals surface area (Å²) in [5.74, 6) is 0.419. The SMILES string of the molecule is CCCc1nc(C)n(-c2ccc(OC(C)C)cc2)c(=O)c1Cc1ccc(-c2ccccc2-c2noc(=O)[nH]2)cc1F.[NaH]. The van der Waals surface area contributed by atoms with Gasteiger partial charge in [-0.15, -0.1) is 0 Å². The topological polar surface area (TPSA) is 103 Å². The minimum atomic E-state index is -0.670. The van der Waals surface area contributed by atoms with Crippen molar-refractivity contribution in [3.63, 3.8) is 0 Å². The van der Waals surface area contributed by atoms with Crippen LogP contribution in [0.2, 0.25) is 0 Å². The average molecular weight is 579 g/mol.